The van der Waals surface area contributed by atoms with Crippen LogP contribution in [-0.2, 0) is 14.9 Å². The molecule has 6 nitrogen and oxygen atoms in total. The van der Waals surface area contributed by atoms with E-state index in [-0.39, 0.29) is 24.1 Å². The number of nitrogens with two attached hydrogens (primary N) is 1. The topological polar surface area (TPSA) is 75.9 Å². The third-order valence-corrected chi connectivity index (χ3v) is 6.42. The molecule has 2 heterocycles. The van der Waals surface area contributed by atoms with Crippen LogP contribution in [0, 0.1) is 5.92 Å². The minimum Gasteiger partial charge on any atom is -0.375 e. The van der Waals surface area contributed by atoms with Gasteiger partial charge in [0.2, 0.25) is 0 Å². The molecule has 0 bridgehead atoms. The van der Waals surface area contributed by atoms with Gasteiger partial charge in [-0.1, -0.05) is 0 Å². The lowest BCUT2D eigenvalue weighted by Gasteiger charge is -2.41. The Morgan fingerprint density at radius 1 is 1.30 bits per heavy atom. The van der Waals surface area contributed by atoms with Crippen LogP contribution in [0.5, 0.6) is 0 Å². The highest BCUT2D eigenvalue weighted by Crippen LogP contribution is 2.25. The summed E-state index contributed by atoms with van der Waals surface area (Å²) in [6.45, 7) is 7.81. The van der Waals surface area contributed by atoms with Crippen LogP contribution >= 0.6 is 0 Å². The van der Waals surface area contributed by atoms with Crippen LogP contribution in [0.15, 0.2) is 0 Å². The van der Waals surface area contributed by atoms with Gasteiger partial charge < -0.3 is 10.5 Å². The van der Waals surface area contributed by atoms with E-state index in [2.05, 4.69) is 0 Å². The first-order valence-corrected chi connectivity index (χ1v) is 8.86. The molecular weight excluding hydrogens is 278 g/mol. The van der Waals surface area contributed by atoms with Gasteiger partial charge in [0.05, 0.1) is 12.7 Å². The van der Waals surface area contributed by atoms with Crippen LogP contribution in [-0.4, -0.2) is 61.5 Å². The molecule has 7 heteroatoms. The molecule has 2 aliphatic heterocycles. The zero-order valence-electron chi connectivity index (χ0n) is 12.7. The second-order valence-corrected chi connectivity index (χ2v) is 8.07. The number of rotatable bonds is 3. The van der Waals surface area contributed by atoms with E-state index >= 15 is 0 Å². The van der Waals surface area contributed by atoms with Gasteiger partial charge in [-0.05, 0) is 39.5 Å². The number of hydrogen-bond acceptors (Lipinski definition) is 4. The minimum absolute atomic E-state index is 0.0361. The molecule has 2 saturated heterocycles. The smallest absolute Gasteiger partial charge is 0.282 e. The zero-order chi connectivity index (χ0) is 14.9. The van der Waals surface area contributed by atoms with Crippen molar-refractivity contribution in [2.45, 2.75) is 51.8 Å². The van der Waals surface area contributed by atoms with E-state index in [0.29, 0.717) is 26.2 Å². The van der Waals surface area contributed by atoms with Gasteiger partial charge in [-0.3, -0.25) is 0 Å². The van der Waals surface area contributed by atoms with Crippen molar-refractivity contribution < 1.29 is 13.2 Å². The Morgan fingerprint density at radius 3 is 2.65 bits per heavy atom. The predicted octanol–water partition coefficient (Wildman–Crippen LogP) is 0.400. The molecule has 2 rings (SSSR count). The summed E-state index contributed by atoms with van der Waals surface area (Å²) in [4.78, 5) is 0. The molecule has 2 fully saturated rings. The third-order valence-electron chi connectivity index (χ3n) is 4.34. The van der Waals surface area contributed by atoms with E-state index in [1.807, 2.05) is 20.8 Å². The van der Waals surface area contributed by atoms with Gasteiger partial charge in [0.25, 0.3) is 10.2 Å². The maximum atomic E-state index is 12.8. The van der Waals surface area contributed by atoms with Crippen molar-refractivity contribution in [3.8, 4) is 0 Å². The van der Waals surface area contributed by atoms with Crippen LogP contribution in [0.2, 0.25) is 0 Å². The van der Waals surface area contributed by atoms with Crippen LogP contribution in [0.4, 0.5) is 0 Å². The molecule has 2 aliphatic rings. The van der Waals surface area contributed by atoms with Gasteiger partial charge in [0, 0.05) is 31.7 Å². The second kappa shape index (κ2) is 6.27. The summed E-state index contributed by atoms with van der Waals surface area (Å²) in [5, 5.41) is 0. The summed E-state index contributed by atoms with van der Waals surface area (Å²) >= 11 is 0. The maximum Gasteiger partial charge on any atom is 0.282 e. The largest absolute Gasteiger partial charge is 0.375 e. The lowest BCUT2D eigenvalue weighted by atomic mass is 9.93. The van der Waals surface area contributed by atoms with Crippen LogP contribution in [0.25, 0.3) is 0 Å². The molecule has 118 valence electrons. The second-order valence-electron chi connectivity index (χ2n) is 6.19. The van der Waals surface area contributed by atoms with Crippen molar-refractivity contribution in [1.82, 2.24) is 8.61 Å². The molecule has 0 aromatic rings. The first-order valence-electron chi connectivity index (χ1n) is 7.46. The SMILES string of the molecule is CC1CN(S(=O)(=O)N2CCCC(C(C)N)C2)C(C)CO1. The summed E-state index contributed by atoms with van der Waals surface area (Å²) in [6.07, 6.45) is 1.85. The molecule has 0 aliphatic carbocycles. The fraction of sp³-hybridized carbons (Fsp3) is 1.00. The van der Waals surface area contributed by atoms with E-state index in [0.717, 1.165) is 12.8 Å². The fourth-order valence-electron chi connectivity index (χ4n) is 2.96. The number of piperidine rings is 1. The monoisotopic (exact) mass is 305 g/mol. The highest BCUT2D eigenvalue weighted by molar-refractivity contribution is 7.86. The Morgan fingerprint density at radius 2 is 2.00 bits per heavy atom. The summed E-state index contributed by atoms with van der Waals surface area (Å²) in [7, 11) is -3.40. The zero-order valence-corrected chi connectivity index (χ0v) is 13.5. The molecule has 20 heavy (non-hydrogen) atoms. The van der Waals surface area contributed by atoms with Gasteiger partial charge in [0.1, 0.15) is 0 Å². The van der Waals surface area contributed by atoms with Crippen molar-refractivity contribution in [3.63, 3.8) is 0 Å². The average molecular weight is 305 g/mol. The summed E-state index contributed by atoms with van der Waals surface area (Å²) < 4.78 is 34.4. The Balaban J connectivity index is 2.12. The van der Waals surface area contributed by atoms with Gasteiger partial charge >= 0.3 is 0 Å². The minimum atomic E-state index is -3.40. The van der Waals surface area contributed by atoms with E-state index in [9.17, 15) is 8.42 Å². The summed E-state index contributed by atoms with van der Waals surface area (Å²) in [5.74, 6) is 0.257. The molecule has 0 aromatic heterocycles. The molecule has 0 spiro atoms. The highest BCUT2D eigenvalue weighted by atomic mass is 32.2. The summed E-state index contributed by atoms with van der Waals surface area (Å²) in [6, 6.07) is -0.0686. The molecule has 4 unspecified atom stereocenters. The number of nitrogens with zero attached hydrogens (tertiary/aromatic N) is 2. The van der Waals surface area contributed by atoms with Crippen molar-refractivity contribution >= 4 is 10.2 Å². The first-order chi connectivity index (χ1) is 9.32. The lowest BCUT2D eigenvalue weighted by Crippen LogP contribution is -2.57. The van der Waals surface area contributed by atoms with E-state index in [1.54, 1.807) is 8.61 Å². The average Bonchev–Trinajstić information content (AvgIpc) is 2.41. The Hall–Kier alpha value is -0.210. The quantitative estimate of drug-likeness (QED) is 0.819. The van der Waals surface area contributed by atoms with Gasteiger partial charge in [-0.15, -0.1) is 0 Å². The molecule has 4 atom stereocenters. The van der Waals surface area contributed by atoms with E-state index < -0.39 is 10.2 Å². The maximum absolute atomic E-state index is 12.8. The number of morpholine rings is 1. The Bertz CT molecular complexity index is 427. The third kappa shape index (κ3) is 3.33. The molecule has 0 saturated carbocycles. The van der Waals surface area contributed by atoms with Crippen molar-refractivity contribution in [2.24, 2.45) is 11.7 Å². The molecule has 2 N–H and O–H groups in total. The molecular formula is C13H27N3O3S. The Labute approximate surface area is 122 Å². The number of ether oxygens (including phenoxy) is 1. The molecule has 0 aromatic carbocycles. The fourth-order valence-corrected chi connectivity index (χ4v) is 4.91. The van der Waals surface area contributed by atoms with Crippen LogP contribution in [0.3, 0.4) is 0 Å². The van der Waals surface area contributed by atoms with Crippen LogP contribution < -0.4 is 5.73 Å². The van der Waals surface area contributed by atoms with Crippen LogP contribution in [0.1, 0.15) is 33.6 Å². The Kier molecular flexibility index (Phi) is 5.07. The van der Waals surface area contributed by atoms with Gasteiger partial charge in [-0.2, -0.15) is 17.0 Å². The van der Waals surface area contributed by atoms with Crippen molar-refractivity contribution in [1.29, 1.82) is 0 Å². The van der Waals surface area contributed by atoms with E-state index in [4.69, 9.17) is 10.5 Å². The molecule has 0 radical (unpaired) electrons. The van der Waals surface area contributed by atoms with Crippen molar-refractivity contribution in [3.05, 3.63) is 0 Å². The number of hydrogen-bond donors (Lipinski definition) is 1. The van der Waals surface area contributed by atoms with Crippen molar-refractivity contribution in [2.75, 3.05) is 26.2 Å². The standard InChI is InChI=1S/C13H27N3O3S/c1-10-9-19-11(2)7-16(10)20(17,18)15-6-4-5-13(8-15)12(3)14/h10-13H,4-9,14H2,1-3H3. The summed E-state index contributed by atoms with van der Waals surface area (Å²) in [5.41, 5.74) is 5.95. The predicted molar refractivity (Wildman–Crippen MR) is 78.4 cm³/mol. The lowest BCUT2D eigenvalue weighted by molar-refractivity contribution is -0.0195. The highest BCUT2D eigenvalue weighted by Gasteiger charge is 2.39. The first kappa shape index (κ1) is 16.2. The van der Waals surface area contributed by atoms with Gasteiger partial charge in [0.15, 0.2) is 0 Å². The normalized spacial score (nSPS) is 35.9. The molecule has 0 amide bonds. The van der Waals surface area contributed by atoms with Gasteiger partial charge in [-0.25, -0.2) is 0 Å². The van der Waals surface area contributed by atoms with E-state index in [1.165, 1.54) is 0 Å².